The van der Waals surface area contributed by atoms with E-state index in [4.69, 9.17) is 10.00 Å². The average molecular weight is 329 g/mol. The van der Waals surface area contributed by atoms with Gasteiger partial charge in [0.2, 0.25) is 5.91 Å². The molecule has 128 valence electrons. The maximum Gasteiger partial charge on any atom is 0.242 e. The number of fused-ring (bicyclic) bond motifs is 1. The molecule has 0 radical (unpaired) electrons. The zero-order valence-electron chi connectivity index (χ0n) is 13.9. The number of rotatable bonds is 5. The van der Waals surface area contributed by atoms with Gasteiger partial charge in [0, 0.05) is 25.8 Å². The molecule has 1 aliphatic heterocycles. The standard InChI is InChI=1S/C17H23N5O2/c1-24-7-6-19-17(23)15-8-12-4-2-3-5-14(12)22(15)16-9-13(10-18)20-11-21-16/h9,11-12,14-15H,2-8H2,1H3,(H,19,23)/t12-,14-,15-/m0/s1. The number of anilines is 1. The Morgan fingerprint density at radius 2 is 2.29 bits per heavy atom. The molecule has 1 aliphatic carbocycles. The number of ether oxygens (including phenoxy) is 1. The van der Waals surface area contributed by atoms with Gasteiger partial charge < -0.3 is 15.0 Å². The summed E-state index contributed by atoms with van der Waals surface area (Å²) in [5.74, 6) is 1.21. The molecule has 2 heterocycles. The van der Waals surface area contributed by atoms with Crippen LogP contribution in [0, 0.1) is 17.2 Å². The van der Waals surface area contributed by atoms with Gasteiger partial charge in [-0.3, -0.25) is 4.79 Å². The third kappa shape index (κ3) is 3.34. The number of hydrogen-bond donors (Lipinski definition) is 1. The Labute approximate surface area is 142 Å². The number of nitriles is 1. The Kier molecular flexibility index (Phi) is 5.26. The van der Waals surface area contributed by atoms with Crippen LogP contribution in [0.3, 0.4) is 0 Å². The molecule has 1 amide bonds. The highest BCUT2D eigenvalue weighted by molar-refractivity contribution is 5.86. The number of amides is 1. The number of nitrogens with one attached hydrogen (secondary N) is 1. The zero-order valence-corrected chi connectivity index (χ0v) is 13.9. The second kappa shape index (κ2) is 7.58. The van der Waals surface area contributed by atoms with Gasteiger partial charge >= 0.3 is 0 Å². The predicted octanol–water partition coefficient (Wildman–Crippen LogP) is 1.25. The van der Waals surface area contributed by atoms with Crippen molar-refractivity contribution in [1.29, 1.82) is 5.26 Å². The van der Waals surface area contributed by atoms with Crippen molar-refractivity contribution >= 4 is 11.7 Å². The summed E-state index contributed by atoms with van der Waals surface area (Å²) in [5.41, 5.74) is 0.331. The van der Waals surface area contributed by atoms with Gasteiger partial charge in [-0.15, -0.1) is 0 Å². The van der Waals surface area contributed by atoms with Gasteiger partial charge in [-0.05, 0) is 25.2 Å². The minimum absolute atomic E-state index is 0.0126. The smallest absolute Gasteiger partial charge is 0.242 e. The second-order valence-corrected chi connectivity index (χ2v) is 6.43. The molecule has 3 rings (SSSR count). The predicted molar refractivity (Wildman–Crippen MR) is 88.3 cm³/mol. The first-order valence-electron chi connectivity index (χ1n) is 8.51. The van der Waals surface area contributed by atoms with E-state index in [2.05, 4.69) is 26.3 Å². The van der Waals surface area contributed by atoms with Gasteiger partial charge in [-0.25, -0.2) is 9.97 Å². The maximum absolute atomic E-state index is 12.7. The van der Waals surface area contributed by atoms with Crippen LogP contribution in [0.25, 0.3) is 0 Å². The minimum atomic E-state index is -0.239. The van der Waals surface area contributed by atoms with E-state index < -0.39 is 0 Å². The summed E-state index contributed by atoms with van der Waals surface area (Å²) >= 11 is 0. The summed E-state index contributed by atoms with van der Waals surface area (Å²) in [6.45, 7) is 1.000. The lowest BCUT2D eigenvalue weighted by molar-refractivity contribution is -0.122. The van der Waals surface area contributed by atoms with E-state index >= 15 is 0 Å². The van der Waals surface area contributed by atoms with Crippen molar-refractivity contribution in [3.63, 3.8) is 0 Å². The highest BCUT2D eigenvalue weighted by atomic mass is 16.5. The van der Waals surface area contributed by atoms with Crippen molar-refractivity contribution in [1.82, 2.24) is 15.3 Å². The van der Waals surface area contributed by atoms with Crippen molar-refractivity contribution in [3.8, 4) is 6.07 Å². The Morgan fingerprint density at radius 3 is 3.08 bits per heavy atom. The lowest BCUT2D eigenvalue weighted by Crippen LogP contribution is -2.47. The molecule has 1 aromatic heterocycles. The molecule has 3 atom stereocenters. The van der Waals surface area contributed by atoms with Crippen LogP contribution in [0.4, 0.5) is 5.82 Å². The van der Waals surface area contributed by atoms with E-state index in [9.17, 15) is 4.79 Å². The first-order valence-corrected chi connectivity index (χ1v) is 8.51. The average Bonchev–Trinajstić information content (AvgIpc) is 3.01. The molecule has 0 bridgehead atoms. The lowest BCUT2D eigenvalue weighted by atomic mass is 9.84. The van der Waals surface area contributed by atoms with E-state index in [1.807, 2.05) is 0 Å². The number of carbonyl (C=O) groups is 1. The van der Waals surface area contributed by atoms with E-state index in [1.165, 1.54) is 19.2 Å². The van der Waals surface area contributed by atoms with Crippen LogP contribution in [-0.2, 0) is 9.53 Å². The van der Waals surface area contributed by atoms with Crippen molar-refractivity contribution in [3.05, 3.63) is 18.1 Å². The first-order chi connectivity index (χ1) is 11.7. The van der Waals surface area contributed by atoms with E-state index in [0.717, 1.165) is 19.3 Å². The van der Waals surface area contributed by atoms with E-state index in [-0.39, 0.29) is 11.9 Å². The summed E-state index contributed by atoms with van der Waals surface area (Å²) in [4.78, 5) is 23.1. The summed E-state index contributed by atoms with van der Waals surface area (Å²) < 4.78 is 5.01. The molecule has 0 aromatic carbocycles. The van der Waals surface area contributed by atoms with Gasteiger partial charge in [0.15, 0.2) is 0 Å². The molecule has 7 heteroatoms. The summed E-state index contributed by atoms with van der Waals surface area (Å²) in [6.07, 6.45) is 6.86. The molecule has 0 spiro atoms. The largest absolute Gasteiger partial charge is 0.383 e. The normalized spacial score (nSPS) is 25.8. The zero-order chi connectivity index (χ0) is 16.9. The fraction of sp³-hybridized carbons (Fsp3) is 0.647. The summed E-state index contributed by atoms with van der Waals surface area (Å²) in [7, 11) is 1.62. The van der Waals surface area contributed by atoms with Crippen molar-refractivity contribution in [2.45, 2.75) is 44.2 Å². The molecule has 1 saturated carbocycles. The molecular weight excluding hydrogens is 306 g/mol. The Balaban J connectivity index is 1.85. The van der Waals surface area contributed by atoms with Crippen LogP contribution in [0.15, 0.2) is 12.4 Å². The second-order valence-electron chi connectivity index (χ2n) is 6.43. The van der Waals surface area contributed by atoms with Crippen molar-refractivity contribution < 1.29 is 9.53 Å². The quantitative estimate of drug-likeness (QED) is 0.818. The first kappa shape index (κ1) is 16.7. The van der Waals surface area contributed by atoms with Crippen LogP contribution in [0.5, 0.6) is 0 Å². The fourth-order valence-electron chi connectivity index (χ4n) is 3.97. The lowest BCUT2D eigenvalue weighted by Gasteiger charge is -2.34. The Bertz CT molecular complexity index is 630. The molecule has 24 heavy (non-hydrogen) atoms. The molecule has 1 aromatic rings. The van der Waals surface area contributed by atoms with Gasteiger partial charge in [0.05, 0.1) is 6.61 Å². The number of carbonyl (C=O) groups excluding carboxylic acids is 1. The van der Waals surface area contributed by atoms with Crippen LogP contribution in [0.1, 0.15) is 37.8 Å². The van der Waals surface area contributed by atoms with Crippen LogP contribution in [0.2, 0.25) is 0 Å². The van der Waals surface area contributed by atoms with Crippen molar-refractivity contribution in [2.75, 3.05) is 25.2 Å². The molecule has 0 unspecified atom stereocenters. The van der Waals surface area contributed by atoms with Gasteiger partial charge in [-0.1, -0.05) is 12.8 Å². The van der Waals surface area contributed by atoms with Gasteiger partial charge in [0.25, 0.3) is 0 Å². The summed E-state index contributed by atoms with van der Waals surface area (Å²) in [5, 5.41) is 12.1. The molecule has 1 saturated heterocycles. The molecule has 1 N–H and O–H groups in total. The third-order valence-corrected chi connectivity index (χ3v) is 5.03. The molecule has 7 nitrogen and oxygen atoms in total. The van der Waals surface area contributed by atoms with Crippen LogP contribution < -0.4 is 10.2 Å². The third-order valence-electron chi connectivity index (χ3n) is 5.03. The maximum atomic E-state index is 12.7. The number of methoxy groups -OCH3 is 1. The van der Waals surface area contributed by atoms with Crippen molar-refractivity contribution in [2.24, 2.45) is 5.92 Å². The fourth-order valence-corrected chi connectivity index (χ4v) is 3.97. The highest BCUT2D eigenvalue weighted by Crippen LogP contribution is 2.41. The van der Waals surface area contributed by atoms with Gasteiger partial charge in [0.1, 0.15) is 30.0 Å². The topological polar surface area (TPSA) is 91.1 Å². The molecule has 2 aliphatic rings. The molecule has 2 fully saturated rings. The molecular formula is C17H23N5O2. The minimum Gasteiger partial charge on any atom is -0.383 e. The van der Waals surface area contributed by atoms with E-state index in [0.29, 0.717) is 36.6 Å². The Morgan fingerprint density at radius 1 is 1.46 bits per heavy atom. The Hall–Kier alpha value is -2.20. The number of hydrogen-bond acceptors (Lipinski definition) is 6. The summed E-state index contributed by atoms with van der Waals surface area (Å²) in [6, 6.07) is 3.82. The van der Waals surface area contributed by atoms with Crippen LogP contribution in [-0.4, -0.2) is 48.2 Å². The number of aromatic nitrogens is 2. The van der Waals surface area contributed by atoms with E-state index in [1.54, 1.807) is 13.2 Å². The monoisotopic (exact) mass is 329 g/mol. The van der Waals surface area contributed by atoms with Gasteiger partial charge in [-0.2, -0.15) is 5.26 Å². The highest BCUT2D eigenvalue weighted by Gasteiger charge is 2.45. The number of nitrogens with zero attached hydrogens (tertiary/aromatic N) is 4. The van der Waals surface area contributed by atoms with Crippen LogP contribution >= 0.6 is 0 Å². The SMILES string of the molecule is COCCNC(=O)[C@@H]1C[C@@H]2CCCC[C@@H]2N1c1cc(C#N)ncn1.